The van der Waals surface area contributed by atoms with Crippen molar-refractivity contribution in [1.82, 2.24) is 5.32 Å². The Morgan fingerprint density at radius 2 is 1.73 bits per heavy atom. The van der Waals surface area contributed by atoms with Gasteiger partial charge in [-0.05, 0) is 25.7 Å². The second kappa shape index (κ2) is 6.48. The molecule has 0 bridgehead atoms. The minimum absolute atomic E-state index is 0.270. The van der Waals surface area contributed by atoms with Gasteiger partial charge in [-0.2, -0.15) is 0 Å². The van der Waals surface area contributed by atoms with E-state index in [1.54, 1.807) is 0 Å². The lowest BCUT2D eigenvalue weighted by Crippen LogP contribution is -2.40. The van der Waals surface area contributed by atoms with Crippen molar-refractivity contribution in [1.29, 1.82) is 0 Å². The molecule has 2 atom stereocenters. The van der Waals surface area contributed by atoms with Gasteiger partial charge in [0.1, 0.15) is 9.84 Å². The first-order chi connectivity index (χ1) is 6.76. The highest BCUT2D eigenvalue weighted by Crippen LogP contribution is 2.07. The molecule has 0 radical (unpaired) electrons. The van der Waals surface area contributed by atoms with Crippen LogP contribution in [0.15, 0.2) is 0 Å². The molecule has 4 heteroatoms. The Hall–Kier alpha value is -0.0900. The molecule has 0 fully saturated rings. The van der Waals surface area contributed by atoms with Crippen LogP contribution in [0.2, 0.25) is 0 Å². The molecule has 0 saturated heterocycles. The van der Waals surface area contributed by atoms with Crippen molar-refractivity contribution in [3.63, 3.8) is 0 Å². The zero-order valence-electron chi connectivity index (χ0n) is 10.6. The highest BCUT2D eigenvalue weighted by atomic mass is 32.2. The third-order valence-electron chi connectivity index (χ3n) is 2.66. The zero-order valence-corrected chi connectivity index (χ0v) is 11.4. The van der Waals surface area contributed by atoms with E-state index < -0.39 is 9.84 Å². The fourth-order valence-corrected chi connectivity index (χ4v) is 2.40. The van der Waals surface area contributed by atoms with E-state index in [0.29, 0.717) is 18.4 Å². The van der Waals surface area contributed by atoms with Crippen LogP contribution in [-0.2, 0) is 9.84 Å². The van der Waals surface area contributed by atoms with Gasteiger partial charge in [0.25, 0.3) is 0 Å². The fraction of sp³-hybridized carbons (Fsp3) is 1.00. The molecular weight excluding hydrogens is 210 g/mol. The quantitative estimate of drug-likeness (QED) is 0.732. The Kier molecular flexibility index (Phi) is 6.44. The number of hydrogen-bond donors (Lipinski definition) is 1. The summed E-state index contributed by atoms with van der Waals surface area (Å²) in [5, 5.41) is 3.47. The summed E-state index contributed by atoms with van der Waals surface area (Å²) in [5.74, 6) is 0.867. The van der Waals surface area contributed by atoms with Crippen LogP contribution < -0.4 is 5.32 Å². The van der Waals surface area contributed by atoms with Gasteiger partial charge in [-0.25, -0.2) is 8.42 Å². The molecule has 0 amide bonds. The average Bonchev–Trinajstić information content (AvgIpc) is 2.09. The molecule has 0 aliphatic rings. The molecule has 0 aromatic heterocycles. The summed E-state index contributed by atoms with van der Waals surface area (Å²) in [7, 11) is -2.82. The molecule has 1 N–H and O–H groups in total. The molecule has 2 unspecified atom stereocenters. The summed E-state index contributed by atoms with van der Waals surface area (Å²) in [5.41, 5.74) is 0. The van der Waals surface area contributed by atoms with Gasteiger partial charge in [0, 0.05) is 18.3 Å². The Morgan fingerprint density at radius 1 is 1.20 bits per heavy atom. The molecule has 0 aliphatic heterocycles. The highest BCUT2D eigenvalue weighted by Gasteiger charge is 2.14. The van der Waals surface area contributed by atoms with Crippen molar-refractivity contribution in [2.75, 3.05) is 12.0 Å². The Labute approximate surface area is 94.6 Å². The van der Waals surface area contributed by atoms with E-state index in [-0.39, 0.29) is 11.8 Å². The van der Waals surface area contributed by atoms with Crippen molar-refractivity contribution in [3.05, 3.63) is 0 Å². The molecule has 15 heavy (non-hydrogen) atoms. The predicted octanol–water partition coefficient (Wildman–Crippen LogP) is 1.83. The lowest BCUT2D eigenvalue weighted by molar-refractivity contribution is 0.348. The first-order valence-corrected chi connectivity index (χ1v) is 7.76. The summed E-state index contributed by atoms with van der Waals surface area (Å²) in [6.45, 7) is 8.58. The predicted molar refractivity (Wildman–Crippen MR) is 65.8 cm³/mol. The number of nitrogens with one attached hydrogen (secondary N) is 1. The SMILES string of the molecule is CCC(NC(C)CCS(C)(=O)=O)C(C)C. The average molecular weight is 235 g/mol. The minimum Gasteiger partial charge on any atom is -0.311 e. The number of sulfone groups is 1. The third kappa shape index (κ3) is 7.79. The maximum atomic E-state index is 11.0. The van der Waals surface area contributed by atoms with Gasteiger partial charge in [-0.15, -0.1) is 0 Å². The van der Waals surface area contributed by atoms with Crippen LogP contribution in [0.5, 0.6) is 0 Å². The highest BCUT2D eigenvalue weighted by molar-refractivity contribution is 7.90. The van der Waals surface area contributed by atoms with Crippen molar-refractivity contribution in [2.45, 2.75) is 52.6 Å². The molecule has 0 aromatic rings. The van der Waals surface area contributed by atoms with Gasteiger partial charge in [0.2, 0.25) is 0 Å². The second-order valence-electron chi connectivity index (χ2n) is 4.75. The first-order valence-electron chi connectivity index (χ1n) is 5.70. The van der Waals surface area contributed by atoms with E-state index in [1.165, 1.54) is 6.26 Å². The van der Waals surface area contributed by atoms with Gasteiger partial charge < -0.3 is 5.32 Å². The smallest absolute Gasteiger partial charge is 0.147 e. The van der Waals surface area contributed by atoms with Gasteiger partial charge in [-0.3, -0.25) is 0 Å². The van der Waals surface area contributed by atoms with E-state index in [0.717, 1.165) is 6.42 Å². The molecule has 3 nitrogen and oxygen atoms in total. The molecule has 0 spiro atoms. The largest absolute Gasteiger partial charge is 0.311 e. The van der Waals surface area contributed by atoms with Crippen LogP contribution in [0.25, 0.3) is 0 Å². The first kappa shape index (κ1) is 14.9. The lowest BCUT2D eigenvalue weighted by Gasteiger charge is -2.25. The van der Waals surface area contributed by atoms with Crippen molar-refractivity contribution >= 4 is 9.84 Å². The van der Waals surface area contributed by atoms with Gasteiger partial charge in [0.15, 0.2) is 0 Å². The molecule has 92 valence electrons. The summed E-state index contributed by atoms with van der Waals surface area (Å²) in [6.07, 6.45) is 3.07. The normalized spacial score (nSPS) is 16.7. The topological polar surface area (TPSA) is 46.2 Å². The Bertz CT molecular complexity index is 260. The molecule has 0 heterocycles. The van der Waals surface area contributed by atoms with Crippen molar-refractivity contribution < 1.29 is 8.42 Å². The Morgan fingerprint density at radius 3 is 2.07 bits per heavy atom. The van der Waals surface area contributed by atoms with Crippen molar-refractivity contribution in [2.24, 2.45) is 5.92 Å². The molecule has 0 saturated carbocycles. The monoisotopic (exact) mass is 235 g/mol. The van der Waals surface area contributed by atoms with Gasteiger partial charge in [-0.1, -0.05) is 20.8 Å². The van der Waals surface area contributed by atoms with Crippen LogP contribution >= 0.6 is 0 Å². The second-order valence-corrected chi connectivity index (χ2v) is 7.00. The summed E-state index contributed by atoms with van der Waals surface area (Å²) in [6, 6.07) is 0.756. The van der Waals surface area contributed by atoms with Crippen LogP contribution in [0.4, 0.5) is 0 Å². The Balaban J connectivity index is 3.97. The van der Waals surface area contributed by atoms with E-state index in [4.69, 9.17) is 0 Å². The number of hydrogen-bond acceptors (Lipinski definition) is 3. The standard InChI is InChI=1S/C11H25NO2S/c1-6-11(9(2)3)12-10(4)7-8-15(5,13)14/h9-12H,6-8H2,1-5H3. The zero-order chi connectivity index (χ0) is 12.1. The number of rotatable bonds is 7. The maximum Gasteiger partial charge on any atom is 0.147 e. The summed E-state index contributed by atoms with van der Waals surface area (Å²) in [4.78, 5) is 0. The van der Waals surface area contributed by atoms with E-state index in [2.05, 4.69) is 33.0 Å². The maximum absolute atomic E-state index is 11.0. The van der Waals surface area contributed by atoms with E-state index >= 15 is 0 Å². The van der Waals surface area contributed by atoms with Crippen LogP contribution in [0.3, 0.4) is 0 Å². The minimum atomic E-state index is -2.82. The van der Waals surface area contributed by atoms with Crippen LogP contribution in [0, 0.1) is 5.92 Å². The van der Waals surface area contributed by atoms with Crippen LogP contribution in [0.1, 0.15) is 40.5 Å². The van der Waals surface area contributed by atoms with Crippen molar-refractivity contribution in [3.8, 4) is 0 Å². The van der Waals surface area contributed by atoms with Gasteiger partial charge >= 0.3 is 0 Å². The summed E-state index contributed by atoms with van der Waals surface area (Å²) < 4.78 is 22.0. The fourth-order valence-electron chi connectivity index (χ4n) is 1.62. The van der Waals surface area contributed by atoms with E-state index in [1.807, 2.05) is 0 Å². The molecular formula is C11H25NO2S. The van der Waals surface area contributed by atoms with Gasteiger partial charge in [0.05, 0.1) is 5.75 Å². The van der Waals surface area contributed by atoms with Crippen LogP contribution in [-0.4, -0.2) is 32.5 Å². The van der Waals surface area contributed by atoms with E-state index in [9.17, 15) is 8.42 Å². The molecule has 0 aliphatic carbocycles. The third-order valence-corrected chi connectivity index (χ3v) is 3.64. The molecule has 0 aromatic carbocycles. The lowest BCUT2D eigenvalue weighted by atomic mass is 10.0. The summed E-state index contributed by atoms with van der Waals surface area (Å²) >= 11 is 0. The molecule has 0 rings (SSSR count).